The number of nitrogens with zero attached hydrogens (tertiary/aromatic N) is 4. The zero-order valence-corrected chi connectivity index (χ0v) is 9.87. The fourth-order valence-corrected chi connectivity index (χ4v) is 1.89. The van der Waals surface area contributed by atoms with E-state index in [0.29, 0.717) is 17.2 Å². The third-order valence-corrected chi connectivity index (χ3v) is 2.96. The van der Waals surface area contributed by atoms with Gasteiger partial charge in [-0.05, 0) is 18.9 Å². The van der Waals surface area contributed by atoms with E-state index < -0.39 is 5.97 Å². The van der Waals surface area contributed by atoms with Crippen molar-refractivity contribution in [2.24, 2.45) is 7.05 Å². The van der Waals surface area contributed by atoms with Crippen molar-refractivity contribution in [1.29, 1.82) is 0 Å². The SMILES string of the molecule is Cn1ccc(-c2ncc(C(=O)O)c(C3CC3)n2)n1. The first-order valence-electron chi connectivity index (χ1n) is 5.75. The molecule has 0 bridgehead atoms. The number of carbonyl (C=O) groups is 1. The minimum atomic E-state index is -0.968. The molecular formula is C12H12N4O2. The maximum Gasteiger partial charge on any atom is 0.339 e. The predicted octanol–water partition coefficient (Wildman–Crippen LogP) is 1.45. The van der Waals surface area contributed by atoms with Gasteiger partial charge in [0.15, 0.2) is 5.82 Å². The number of carboxylic acid groups (broad SMARTS) is 1. The van der Waals surface area contributed by atoms with Crippen LogP contribution in [0.15, 0.2) is 18.5 Å². The molecule has 1 N–H and O–H groups in total. The maximum absolute atomic E-state index is 11.1. The second-order valence-electron chi connectivity index (χ2n) is 4.45. The lowest BCUT2D eigenvalue weighted by Gasteiger charge is -2.04. The van der Waals surface area contributed by atoms with Gasteiger partial charge >= 0.3 is 5.97 Å². The summed E-state index contributed by atoms with van der Waals surface area (Å²) in [5.74, 6) is -0.214. The Morgan fingerprint density at radius 1 is 1.50 bits per heavy atom. The summed E-state index contributed by atoms with van der Waals surface area (Å²) in [6.07, 6.45) is 5.19. The Bertz CT molecular complexity index is 616. The van der Waals surface area contributed by atoms with Gasteiger partial charge in [0.05, 0.1) is 11.3 Å². The topological polar surface area (TPSA) is 80.9 Å². The Labute approximate surface area is 103 Å². The van der Waals surface area contributed by atoms with E-state index in [1.165, 1.54) is 6.20 Å². The zero-order chi connectivity index (χ0) is 12.7. The van der Waals surface area contributed by atoms with E-state index in [0.717, 1.165) is 12.8 Å². The average molecular weight is 244 g/mol. The highest BCUT2D eigenvalue weighted by molar-refractivity contribution is 5.89. The van der Waals surface area contributed by atoms with Crippen molar-refractivity contribution in [3.8, 4) is 11.5 Å². The van der Waals surface area contributed by atoms with Crippen molar-refractivity contribution in [2.45, 2.75) is 18.8 Å². The molecule has 1 aliphatic carbocycles. The van der Waals surface area contributed by atoms with E-state index in [9.17, 15) is 4.79 Å². The lowest BCUT2D eigenvalue weighted by Crippen LogP contribution is -2.07. The minimum Gasteiger partial charge on any atom is -0.478 e. The average Bonchev–Trinajstić information content (AvgIpc) is 3.11. The Morgan fingerprint density at radius 2 is 2.28 bits per heavy atom. The van der Waals surface area contributed by atoms with Gasteiger partial charge in [-0.3, -0.25) is 4.68 Å². The van der Waals surface area contributed by atoms with E-state index in [4.69, 9.17) is 5.11 Å². The summed E-state index contributed by atoms with van der Waals surface area (Å²) in [5.41, 5.74) is 1.51. The summed E-state index contributed by atoms with van der Waals surface area (Å²) >= 11 is 0. The third kappa shape index (κ3) is 1.85. The van der Waals surface area contributed by atoms with Crippen LogP contribution in [0.2, 0.25) is 0 Å². The number of hydrogen-bond donors (Lipinski definition) is 1. The molecule has 1 aliphatic rings. The quantitative estimate of drug-likeness (QED) is 0.883. The standard InChI is InChI=1S/C12H12N4O2/c1-16-5-4-9(15-16)11-13-6-8(12(17)18)10(14-11)7-2-3-7/h4-7H,2-3H2,1H3,(H,17,18). The molecule has 92 valence electrons. The molecule has 3 rings (SSSR count). The first kappa shape index (κ1) is 10.9. The van der Waals surface area contributed by atoms with Gasteiger partial charge < -0.3 is 5.11 Å². The molecule has 2 aromatic rings. The molecule has 2 heterocycles. The summed E-state index contributed by atoms with van der Waals surface area (Å²) in [5, 5.41) is 13.3. The lowest BCUT2D eigenvalue weighted by atomic mass is 10.1. The number of aromatic carboxylic acids is 1. The molecule has 0 spiro atoms. The van der Waals surface area contributed by atoms with Gasteiger partial charge in [-0.2, -0.15) is 5.10 Å². The minimum absolute atomic E-state index is 0.206. The summed E-state index contributed by atoms with van der Waals surface area (Å²) in [6, 6.07) is 1.81. The van der Waals surface area contributed by atoms with Crippen LogP contribution in [-0.4, -0.2) is 30.8 Å². The maximum atomic E-state index is 11.1. The number of aryl methyl sites for hydroxylation is 1. The molecule has 6 heteroatoms. The Kier molecular flexibility index (Phi) is 2.36. The predicted molar refractivity (Wildman–Crippen MR) is 63.2 cm³/mol. The summed E-state index contributed by atoms with van der Waals surface area (Å²) in [4.78, 5) is 19.6. The third-order valence-electron chi connectivity index (χ3n) is 2.96. The number of carboxylic acids is 1. The first-order chi connectivity index (χ1) is 8.65. The molecule has 0 atom stereocenters. The van der Waals surface area contributed by atoms with E-state index in [2.05, 4.69) is 15.1 Å². The summed E-state index contributed by atoms with van der Waals surface area (Å²) < 4.78 is 1.67. The van der Waals surface area contributed by atoms with Gasteiger partial charge in [0, 0.05) is 25.4 Å². The molecular weight excluding hydrogens is 232 g/mol. The summed E-state index contributed by atoms with van der Waals surface area (Å²) in [7, 11) is 1.82. The van der Waals surface area contributed by atoms with Crippen LogP contribution < -0.4 is 0 Å². The van der Waals surface area contributed by atoms with Crippen LogP contribution in [0.5, 0.6) is 0 Å². The lowest BCUT2D eigenvalue weighted by molar-refractivity contribution is 0.0694. The number of rotatable bonds is 3. The van der Waals surface area contributed by atoms with Crippen LogP contribution in [0, 0.1) is 0 Å². The van der Waals surface area contributed by atoms with Crippen LogP contribution in [0.4, 0.5) is 0 Å². The fraction of sp³-hybridized carbons (Fsp3) is 0.333. The monoisotopic (exact) mass is 244 g/mol. The number of aromatic nitrogens is 4. The van der Waals surface area contributed by atoms with Crippen molar-refractivity contribution in [2.75, 3.05) is 0 Å². The van der Waals surface area contributed by atoms with Gasteiger partial charge in [-0.15, -0.1) is 0 Å². The van der Waals surface area contributed by atoms with E-state index in [1.807, 2.05) is 13.1 Å². The zero-order valence-electron chi connectivity index (χ0n) is 9.87. The van der Waals surface area contributed by atoms with Crippen LogP contribution in [0.1, 0.15) is 34.8 Å². The second-order valence-corrected chi connectivity index (χ2v) is 4.45. The van der Waals surface area contributed by atoms with Gasteiger partial charge in [0.2, 0.25) is 0 Å². The largest absolute Gasteiger partial charge is 0.478 e. The van der Waals surface area contributed by atoms with Crippen molar-refractivity contribution in [3.63, 3.8) is 0 Å². The van der Waals surface area contributed by atoms with Crippen molar-refractivity contribution < 1.29 is 9.90 Å². The van der Waals surface area contributed by atoms with Gasteiger partial charge in [0.25, 0.3) is 0 Å². The number of hydrogen-bond acceptors (Lipinski definition) is 4. The molecule has 0 radical (unpaired) electrons. The molecule has 0 saturated heterocycles. The highest BCUT2D eigenvalue weighted by Gasteiger charge is 2.30. The van der Waals surface area contributed by atoms with E-state index in [1.54, 1.807) is 10.9 Å². The van der Waals surface area contributed by atoms with Crippen LogP contribution in [-0.2, 0) is 7.05 Å². The smallest absolute Gasteiger partial charge is 0.339 e. The van der Waals surface area contributed by atoms with Crippen LogP contribution in [0.25, 0.3) is 11.5 Å². The van der Waals surface area contributed by atoms with E-state index >= 15 is 0 Å². The van der Waals surface area contributed by atoms with Crippen LogP contribution >= 0.6 is 0 Å². The fourth-order valence-electron chi connectivity index (χ4n) is 1.89. The Hall–Kier alpha value is -2.24. The van der Waals surface area contributed by atoms with Crippen molar-refractivity contribution >= 4 is 5.97 Å². The van der Waals surface area contributed by atoms with Gasteiger partial charge in [-0.25, -0.2) is 14.8 Å². The molecule has 1 saturated carbocycles. The molecule has 6 nitrogen and oxygen atoms in total. The Balaban J connectivity index is 2.07. The van der Waals surface area contributed by atoms with Crippen LogP contribution in [0.3, 0.4) is 0 Å². The molecule has 0 unspecified atom stereocenters. The molecule has 0 aromatic carbocycles. The van der Waals surface area contributed by atoms with Crippen molar-refractivity contribution in [1.82, 2.24) is 19.7 Å². The second kappa shape index (κ2) is 3.90. The summed E-state index contributed by atoms with van der Waals surface area (Å²) in [6.45, 7) is 0. The highest BCUT2D eigenvalue weighted by atomic mass is 16.4. The Morgan fingerprint density at radius 3 is 2.83 bits per heavy atom. The first-order valence-corrected chi connectivity index (χ1v) is 5.75. The molecule has 18 heavy (non-hydrogen) atoms. The molecule has 0 amide bonds. The highest BCUT2D eigenvalue weighted by Crippen LogP contribution is 2.40. The molecule has 1 fully saturated rings. The molecule has 2 aromatic heterocycles. The molecule has 0 aliphatic heterocycles. The normalized spacial score (nSPS) is 14.7. The van der Waals surface area contributed by atoms with Crippen molar-refractivity contribution in [3.05, 3.63) is 29.7 Å². The van der Waals surface area contributed by atoms with E-state index in [-0.39, 0.29) is 11.5 Å². The van der Waals surface area contributed by atoms with Gasteiger partial charge in [-0.1, -0.05) is 0 Å². The van der Waals surface area contributed by atoms with Gasteiger partial charge in [0.1, 0.15) is 5.69 Å².